The van der Waals surface area contributed by atoms with Crippen molar-refractivity contribution in [2.45, 2.75) is 6.04 Å². The van der Waals surface area contributed by atoms with E-state index in [0.717, 1.165) is 0 Å². The zero-order chi connectivity index (χ0) is 10.7. The van der Waals surface area contributed by atoms with Gasteiger partial charge in [-0.05, 0) is 6.07 Å². The molecule has 1 heterocycles. The number of hydrogen-bond donors (Lipinski definition) is 2. The summed E-state index contributed by atoms with van der Waals surface area (Å²) in [5, 5.41) is 8.77. The smallest absolute Gasteiger partial charge is 0.325 e. The van der Waals surface area contributed by atoms with E-state index in [0.29, 0.717) is 11.4 Å². The Morgan fingerprint density at radius 1 is 1.64 bits per heavy atom. The van der Waals surface area contributed by atoms with Crippen LogP contribution in [-0.4, -0.2) is 30.2 Å². The van der Waals surface area contributed by atoms with E-state index in [9.17, 15) is 4.79 Å². The van der Waals surface area contributed by atoms with Crippen molar-refractivity contribution in [3.05, 3.63) is 23.9 Å². The number of carbonyl (C=O) groups is 1. The number of hydrogen-bond acceptors (Lipinski definition) is 4. The third-order valence-electron chi connectivity index (χ3n) is 1.84. The average molecular weight is 195 g/mol. The molecule has 0 radical (unpaired) electrons. The fourth-order valence-corrected chi connectivity index (χ4v) is 1.16. The Morgan fingerprint density at radius 3 is 2.79 bits per heavy atom. The predicted molar refractivity (Wildman–Crippen MR) is 53.1 cm³/mol. The standard InChI is InChI=1S/C9H13N3O2/c1-12(2)8-6(4-3-5-11-8)7(10)9(13)14/h3-5,7H,10H2,1-2H3,(H,13,14)/t7-/m1/s1. The number of nitrogens with two attached hydrogens (primary N) is 1. The summed E-state index contributed by atoms with van der Waals surface area (Å²) < 4.78 is 0. The second-order valence-corrected chi connectivity index (χ2v) is 3.13. The van der Waals surface area contributed by atoms with E-state index in [-0.39, 0.29) is 0 Å². The molecule has 1 rings (SSSR count). The molecule has 1 atom stereocenters. The lowest BCUT2D eigenvalue weighted by Crippen LogP contribution is -2.24. The molecule has 0 aliphatic rings. The quantitative estimate of drug-likeness (QED) is 0.721. The minimum Gasteiger partial charge on any atom is -0.480 e. The first kappa shape index (κ1) is 10.5. The van der Waals surface area contributed by atoms with Gasteiger partial charge in [-0.3, -0.25) is 4.79 Å². The van der Waals surface area contributed by atoms with Gasteiger partial charge >= 0.3 is 5.97 Å². The van der Waals surface area contributed by atoms with Gasteiger partial charge in [-0.15, -0.1) is 0 Å². The average Bonchev–Trinajstić information content (AvgIpc) is 2.16. The largest absolute Gasteiger partial charge is 0.480 e. The predicted octanol–water partition coefficient (Wildman–Crippen LogP) is 0.232. The molecule has 0 bridgehead atoms. The van der Waals surface area contributed by atoms with Crippen LogP contribution >= 0.6 is 0 Å². The lowest BCUT2D eigenvalue weighted by atomic mass is 10.1. The Morgan fingerprint density at radius 2 is 2.29 bits per heavy atom. The molecule has 0 saturated heterocycles. The normalized spacial score (nSPS) is 12.2. The van der Waals surface area contributed by atoms with Crippen LogP contribution in [-0.2, 0) is 4.79 Å². The number of aliphatic carboxylic acids is 1. The third kappa shape index (κ3) is 2.00. The molecule has 5 nitrogen and oxygen atoms in total. The van der Waals surface area contributed by atoms with Gasteiger partial charge in [0.05, 0.1) is 0 Å². The Hall–Kier alpha value is -1.62. The van der Waals surface area contributed by atoms with Crippen LogP contribution in [0.1, 0.15) is 11.6 Å². The molecule has 0 aliphatic heterocycles. The molecule has 0 saturated carbocycles. The Kier molecular flexibility index (Phi) is 3.03. The molecule has 14 heavy (non-hydrogen) atoms. The van der Waals surface area contributed by atoms with Crippen molar-refractivity contribution in [2.24, 2.45) is 5.73 Å². The fourth-order valence-electron chi connectivity index (χ4n) is 1.16. The van der Waals surface area contributed by atoms with Gasteiger partial charge in [-0.25, -0.2) is 4.98 Å². The lowest BCUT2D eigenvalue weighted by molar-refractivity contribution is -0.138. The topological polar surface area (TPSA) is 79.5 Å². The van der Waals surface area contributed by atoms with Gasteiger partial charge in [-0.1, -0.05) is 6.07 Å². The number of aromatic nitrogens is 1. The van der Waals surface area contributed by atoms with Gasteiger partial charge in [0.2, 0.25) is 0 Å². The zero-order valence-corrected chi connectivity index (χ0v) is 8.14. The maximum absolute atomic E-state index is 10.7. The summed E-state index contributed by atoms with van der Waals surface area (Å²) in [7, 11) is 3.58. The van der Waals surface area contributed by atoms with Crippen molar-refractivity contribution in [3.8, 4) is 0 Å². The van der Waals surface area contributed by atoms with Crippen LogP contribution in [0.3, 0.4) is 0 Å². The molecule has 0 spiro atoms. The lowest BCUT2D eigenvalue weighted by Gasteiger charge is -2.17. The number of pyridine rings is 1. The summed E-state index contributed by atoms with van der Waals surface area (Å²) in [5.74, 6) is -0.469. The van der Waals surface area contributed by atoms with Gasteiger partial charge in [0.15, 0.2) is 0 Å². The van der Waals surface area contributed by atoms with Crippen molar-refractivity contribution < 1.29 is 9.90 Å². The Bertz CT molecular complexity index is 339. The summed E-state index contributed by atoms with van der Waals surface area (Å²) in [4.78, 5) is 16.5. The summed E-state index contributed by atoms with van der Waals surface area (Å²) in [5.41, 5.74) is 6.03. The van der Waals surface area contributed by atoms with Crippen molar-refractivity contribution in [2.75, 3.05) is 19.0 Å². The van der Waals surface area contributed by atoms with Crippen LogP contribution in [0.2, 0.25) is 0 Å². The minimum atomic E-state index is -1.05. The molecule has 3 N–H and O–H groups in total. The van der Waals surface area contributed by atoms with Crippen molar-refractivity contribution in [1.82, 2.24) is 4.98 Å². The first-order valence-electron chi connectivity index (χ1n) is 4.14. The molecule has 0 fully saturated rings. The van der Waals surface area contributed by atoms with Gasteiger partial charge in [0, 0.05) is 25.9 Å². The van der Waals surface area contributed by atoms with Crippen molar-refractivity contribution in [1.29, 1.82) is 0 Å². The molecule has 1 aromatic rings. The van der Waals surface area contributed by atoms with Crippen LogP contribution < -0.4 is 10.6 Å². The molecule has 0 unspecified atom stereocenters. The van der Waals surface area contributed by atoms with Crippen LogP contribution in [0.25, 0.3) is 0 Å². The van der Waals surface area contributed by atoms with Crippen molar-refractivity contribution in [3.63, 3.8) is 0 Å². The highest BCUT2D eigenvalue weighted by Gasteiger charge is 2.19. The van der Waals surface area contributed by atoms with Crippen molar-refractivity contribution >= 4 is 11.8 Å². The highest BCUT2D eigenvalue weighted by molar-refractivity contribution is 5.77. The van der Waals surface area contributed by atoms with Gasteiger partial charge in [0.25, 0.3) is 0 Å². The van der Waals surface area contributed by atoms with Gasteiger partial charge in [0.1, 0.15) is 11.9 Å². The van der Waals surface area contributed by atoms with E-state index in [1.807, 2.05) is 0 Å². The van der Waals surface area contributed by atoms with E-state index >= 15 is 0 Å². The number of carboxylic acid groups (broad SMARTS) is 1. The van der Waals surface area contributed by atoms with Crippen LogP contribution in [0.5, 0.6) is 0 Å². The maximum atomic E-state index is 10.7. The summed E-state index contributed by atoms with van der Waals surface area (Å²) in [6, 6.07) is 2.31. The van der Waals surface area contributed by atoms with Crippen LogP contribution in [0.15, 0.2) is 18.3 Å². The Balaban J connectivity index is 3.13. The first-order chi connectivity index (χ1) is 6.54. The zero-order valence-electron chi connectivity index (χ0n) is 8.14. The summed E-state index contributed by atoms with van der Waals surface area (Å²) in [6.45, 7) is 0. The molecular formula is C9H13N3O2. The third-order valence-corrected chi connectivity index (χ3v) is 1.84. The van der Waals surface area contributed by atoms with Gasteiger partial charge in [-0.2, -0.15) is 0 Å². The highest BCUT2D eigenvalue weighted by Crippen LogP contribution is 2.20. The second-order valence-electron chi connectivity index (χ2n) is 3.13. The van der Waals surface area contributed by atoms with Gasteiger partial charge < -0.3 is 15.7 Å². The molecule has 0 aliphatic carbocycles. The molecule has 76 valence electrons. The first-order valence-corrected chi connectivity index (χ1v) is 4.14. The van der Waals surface area contributed by atoms with E-state index in [2.05, 4.69) is 4.98 Å². The van der Waals surface area contributed by atoms with E-state index in [1.165, 1.54) is 0 Å². The number of anilines is 1. The Labute approximate surface area is 82.2 Å². The monoisotopic (exact) mass is 195 g/mol. The molecular weight excluding hydrogens is 182 g/mol. The van der Waals surface area contributed by atoms with E-state index in [4.69, 9.17) is 10.8 Å². The molecule has 0 amide bonds. The molecule has 1 aromatic heterocycles. The minimum absolute atomic E-state index is 0.519. The summed E-state index contributed by atoms with van der Waals surface area (Å²) >= 11 is 0. The summed E-state index contributed by atoms with van der Waals surface area (Å²) in [6.07, 6.45) is 1.60. The number of rotatable bonds is 3. The molecule has 5 heteroatoms. The number of carboxylic acids is 1. The fraction of sp³-hybridized carbons (Fsp3) is 0.333. The molecule has 0 aromatic carbocycles. The van der Waals surface area contributed by atoms with Crippen LogP contribution in [0.4, 0.5) is 5.82 Å². The number of nitrogens with zero attached hydrogens (tertiary/aromatic N) is 2. The van der Waals surface area contributed by atoms with Crippen LogP contribution in [0, 0.1) is 0 Å². The highest BCUT2D eigenvalue weighted by atomic mass is 16.4. The second kappa shape index (κ2) is 4.06. The maximum Gasteiger partial charge on any atom is 0.325 e. The van der Waals surface area contributed by atoms with E-state index < -0.39 is 12.0 Å². The SMILES string of the molecule is CN(C)c1ncccc1[C@@H](N)C(=O)O. The van der Waals surface area contributed by atoms with E-state index in [1.54, 1.807) is 37.3 Å².